The van der Waals surface area contributed by atoms with E-state index in [-0.39, 0.29) is 11.8 Å². The largest absolute Gasteiger partial charge is 0.368 e. The summed E-state index contributed by atoms with van der Waals surface area (Å²) in [6.45, 7) is 9.26. The molecule has 1 aliphatic rings. The number of aryl methyl sites for hydroxylation is 2. The van der Waals surface area contributed by atoms with E-state index in [1.165, 1.54) is 5.69 Å². The second-order valence-electron chi connectivity index (χ2n) is 7.77. The summed E-state index contributed by atoms with van der Waals surface area (Å²) in [6, 6.07) is 12.3. The average Bonchev–Trinajstić information content (AvgIpc) is 3.01. The Bertz CT molecular complexity index is 1000. The van der Waals surface area contributed by atoms with Crippen LogP contribution in [0.3, 0.4) is 0 Å². The monoisotopic (exact) mass is 377 g/mol. The third kappa shape index (κ3) is 3.23. The zero-order valence-corrected chi connectivity index (χ0v) is 17.0. The molecule has 1 fully saturated rings. The third-order valence-electron chi connectivity index (χ3n) is 5.50. The van der Waals surface area contributed by atoms with Crippen molar-refractivity contribution in [3.8, 4) is 0 Å². The van der Waals surface area contributed by atoms with Crippen molar-refractivity contribution in [3.05, 3.63) is 53.3 Å². The zero-order chi connectivity index (χ0) is 19.8. The number of aromatic nitrogens is 3. The van der Waals surface area contributed by atoms with Gasteiger partial charge in [-0.05, 0) is 31.0 Å². The molecule has 6 nitrogen and oxygen atoms in total. The predicted molar refractivity (Wildman–Crippen MR) is 112 cm³/mol. The van der Waals surface area contributed by atoms with E-state index >= 15 is 0 Å². The van der Waals surface area contributed by atoms with Crippen molar-refractivity contribution in [3.63, 3.8) is 0 Å². The van der Waals surface area contributed by atoms with Crippen molar-refractivity contribution in [1.29, 1.82) is 0 Å². The number of carbonyl (C=O) groups is 1. The minimum atomic E-state index is 0.0816. The molecule has 3 aromatic rings. The first-order valence-electron chi connectivity index (χ1n) is 9.89. The van der Waals surface area contributed by atoms with Crippen molar-refractivity contribution in [2.24, 2.45) is 7.05 Å². The Morgan fingerprint density at radius 1 is 1.07 bits per heavy atom. The molecule has 1 amide bonds. The number of benzene rings is 1. The molecular formula is C22H27N5O. The lowest BCUT2D eigenvalue weighted by Gasteiger charge is -2.36. The van der Waals surface area contributed by atoms with Crippen molar-refractivity contribution >= 4 is 22.6 Å². The van der Waals surface area contributed by atoms with Gasteiger partial charge < -0.3 is 9.80 Å². The normalized spacial score (nSPS) is 14.9. The van der Waals surface area contributed by atoms with Crippen molar-refractivity contribution in [2.75, 3.05) is 31.1 Å². The quantitative estimate of drug-likeness (QED) is 0.702. The highest BCUT2D eigenvalue weighted by Gasteiger charge is 2.26. The van der Waals surface area contributed by atoms with Gasteiger partial charge in [0.15, 0.2) is 5.65 Å². The van der Waals surface area contributed by atoms with E-state index in [0.717, 1.165) is 41.1 Å². The number of para-hydroxylation sites is 1. The number of carbonyl (C=O) groups excluding carboxylic acids is 1. The summed E-state index contributed by atoms with van der Waals surface area (Å²) in [5.41, 5.74) is 4.52. The average molecular weight is 377 g/mol. The zero-order valence-electron chi connectivity index (χ0n) is 17.0. The standard InChI is InChI=1S/C22H27N5O/c1-15(2)19-14-18(20-16(3)24-25(4)21(20)23-19)22(28)27-12-10-26(11-13-27)17-8-6-5-7-9-17/h5-9,14-15H,10-13H2,1-4H3. The molecule has 0 spiro atoms. The van der Waals surface area contributed by atoms with Crippen LogP contribution in [0.2, 0.25) is 0 Å². The molecule has 0 aliphatic carbocycles. The Balaban J connectivity index is 1.63. The smallest absolute Gasteiger partial charge is 0.254 e. The fourth-order valence-corrected chi connectivity index (χ4v) is 3.91. The van der Waals surface area contributed by atoms with Crippen LogP contribution in [0.1, 0.15) is 41.5 Å². The minimum Gasteiger partial charge on any atom is -0.368 e. The summed E-state index contributed by atoms with van der Waals surface area (Å²) in [5, 5.41) is 5.38. The van der Waals surface area contributed by atoms with Crippen LogP contribution in [-0.2, 0) is 7.05 Å². The first kappa shape index (κ1) is 18.5. The number of anilines is 1. The third-order valence-corrected chi connectivity index (χ3v) is 5.50. The van der Waals surface area contributed by atoms with E-state index in [9.17, 15) is 4.79 Å². The molecule has 0 N–H and O–H groups in total. The maximum atomic E-state index is 13.4. The maximum absolute atomic E-state index is 13.4. The number of hydrogen-bond acceptors (Lipinski definition) is 4. The first-order valence-corrected chi connectivity index (χ1v) is 9.89. The Morgan fingerprint density at radius 2 is 1.75 bits per heavy atom. The summed E-state index contributed by atoms with van der Waals surface area (Å²) >= 11 is 0. The highest BCUT2D eigenvalue weighted by atomic mass is 16.2. The lowest BCUT2D eigenvalue weighted by Crippen LogP contribution is -2.48. The number of nitrogens with zero attached hydrogens (tertiary/aromatic N) is 5. The van der Waals surface area contributed by atoms with Gasteiger partial charge in [0, 0.05) is 44.6 Å². The van der Waals surface area contributed by atoms with Gasteiger partial charge in [0.1, 0.15) is 0 Å². The lowest BCUT2D eigenvalue weighted by atomic mass is 10.0. The van der Waals surface area contributed by atoms with Crippen LogP contribution in [0.25, 0.3) is 11.0 Å². The van der Waals surface area contributed by atoms with Crippen LogP contribution in [0.4, 0.5) is 5.69 Å². The molecule has 6 heteroatoms. The van der Waals surface area contributed by atoms with E-state index in [4.69, 9.17) is 4.98 Å². The molecule has 0 saturated carbocycles. The molecule has 146 valence electrons. The van der Waals surface area contributed by atoms with E-state index in [0.29, 0.717) is 13.1 Å². The number of pyridine rings is 1. The summed E-state index contributed by atoms with van der Waals surface area (Å²) in [5.74, 6) is 0.333. The van der Waals surface area contributed by atoms with Crippen molar-refractivity contribution in [1.82, 2.24) is 19.7 Å². The molecule has 0 radical (unpaired) electrons. The summed E-state index contributed by atoms with van der Waals surface area (Å²) < 4.78 is 1.78. The molecule has 1 aromatic carbocycles. The van der Waals surface area contributed by atoms with E-state index in [2.05, 4.69) is 48.1 Å². The van der Waals surface area contributed by atoms with Crippen molar-refractivity contribution < 1.29 is 4.79 Å². The summed E-state index contributed by atoms with van der Waals surface area (Å²) in [4.78, 5) is 22.5. The topological polar surface area (TPSA) is 54.3 Å². The van der Waals surface area contributed by atoms with Crippen LogP contribution in [-0.4, -0.2) is 51.8 Å². The predicted octanol–water partition coefficient (Wildman–Crippen LogP) is 3.36. The number of amides is 1. The van der Waals surface area contributed by atoms with Crippen LogP contribution in [0.15, 0.2) is 36.4 Å². The van der Waals surface area contributed by atoms with Gasteiger partial charge in [0.05, 0.1) is 16.6 Å². The van der Waals surface area contributed by atoms with Crippen LogP contribution < -0.4 is 4.90 Å². The number of fused-ring (bicyclic) bond motifs is 1. The molecule has 2 aromatic heterocycles. The van der Waals surface area contributed by atoms with Gasteiger partial charge in [-0.3, -0.25) is 9.48 Å². The first-order chi connectivity index (χ1) is 13.5. The Morgan fingerprint density at radius 3 is 2.39 bits per heavy atom. The van der Waals surface area contributed by atoms with Crippen LogP contribution in [0.5, 0.6) is 0 Å². The van der Waals surface area contributed by atoms with Gasteiger partial charge in [0.25, 0.3) is 5.91 Å². The molecule has 0 unspecified atom stereocenters. The number of hydrogen-bond donors (Lipinski definition) is 0. The molecule has 1 aliphatic heterocycles. The molecule has 0 atom stereocenters. The van der Waals surface area contributed by atoms with E-state index in [1.54, 1.807) is 4.68 Å². The SMILES string of the molecule is Cc1nn(C)c2nc(C(C)C)cc(C(=O)N3CCN(c4ccccc4)CC3)c12. The second kappa shape index (κ2) is 7.26. The van der Waals surface area contributed by atoms with Gasteiger partial charge in [-0.2, -0.15) is 5.10 Å². The second-order valence-corrected chi connectivity index (χ2v) is 7.77. The van der Waals surface area contributed by atoms with E-state index in [1.807, 2.05) is 31.0 Å². The summed E-state index contributed by atoms with van der Waals surface area (Å²) in [6.07, 6.45) is 0. The molecule has 3 heterocycles. The lowest BCUT2D eigenvalue weighted by molar-refractivity contribution is 0.0748. The van der Waals surface area contributed by atoms with Gasteiger partial charge >= 0.3 is 0 Å². The van der Waals surface area contributed by atoms with Gasteiger partial charge in [-0.1, -0.05) is 32.0 Å². The van der Waals surface area contributed by atoms with Crippen LogP contribution >= 0.6 is 0 Å². The van der Waals surface area contributed by atoms with Gasteiger partial charge in [0.2, 0.25) is 0 Å². The molecule has 1 saturated heterocycles. The van der Waals surface area contributed by atoms with Crippen LogP contribution in [0, 0.1) is 6.92 Å². The molecule has 28 heavy (non-hydrogen) atoms. The maximum Gasteiger partial charge on any atom is 0.254 e. The van der Waals surface area contributed by atoms with Crippen molar-refractivity contribution in [2.45, 2.75) is 26.7 Å². The fourth-order valence-electron chi connectivity index (χ4n) is 3.91. The van der Waals surface area contributed by atoms with E-state index < -0.39 is 0 Å². The molecular weight excluding hydrogens is 350 g/mol. The number of rotatable bonds is 3. The summed E-state index contributed by atoms with van der Waals surface area (Å²) in [7, 11) is 1.89. The highest BCUT2D eigenvalue weighted by Crippen LogP contribution is 2.26. The Kier molecular flexibility index (Phi) is 4.79. The molecule has 4 rings (SSSR count). The Labute approximate surface area is 165 Å². The Hall–Kier alpha value is -2.89. The number of piperazine rings is 1. The minimum absolute atomic E-state index is 0.0816. The fraction of sp³-hybridized carbons (Fsp3) is 0.409. The highest BCUT2D eigenvalue weighted by molar-refractivity contribution is 6.06. The van der Waals surface area contributed by atoms with Gasteiger partial charge in [-0.25, -0.2) is 4.98 Å². The van der Waals surface area contributed by atoms with Gasteiger partial charge in [-0.15, -0.1) is 0 Å². The molecule has 0 bridgehead atoms.